The van der Waals surface area contributed by atoms with Crippen molar-refractivity contribution in [3.8, 4) is 6.07 Å². The fourth-order valence-corrected chi connectivity index (χ4v) is 1.20. The maximum atomic E-state index is 10.5. The molecular formula is C11H11NO2. The van der Waals surface area contributed by atoms with E-state index in [0.717, 1.165) is 18.4 Å². The normalized spacial score (nSPS) is 16.7. The molecule has 0 unspecified atom stereocenters. The quantitative estimate of drug-likeness (QED) is 0.535. The van der Waals surface area contributed by atoms with E-state index in [1.807, 2.05) is 19.1 Å². The Morgan fingerprint density at radius 1 is 1.57 bits per heavy atom. The van der Waals surface area contributed by atoms with Crippen molar-refractivity contribution in [3.05, 3.63) is 34.9 Å². The van der Waals surface area contributed by atoms with E-state index in [0.29, 0.717) is 0 Å². The van der Waals surface area contributed by atoms with Crippen LogP contribution >= 0.6 is 0 Å². The molecule has 1 N–H and O–H groups in total. The summed E-state index contributed by atoms with van der Waals surface area (Å²) in [6, 6.07) is 1.66. The van der Waals surface area contributed by atoms with Gasteiger partial charge in [-0.25, -0.2) is 4.79 Å². The van der Waals surface area contributed by atoms with E-state index < -0.39 is 5.97 Å². The molecular weight excluding hydrogens is 178 g/mol. The van der Waals surface area contributed by atoms with Gasteiger partial charge in [-0.05, 0) is 31.4 Å². The van der Waals surface area contributed by atoms with Crippen LogP contribution in [0.3, 0.4) is 0 Å². The van der Waals surface area contributed by atoms with Gasteiger partial charge < -0.3 is 5.11 Å². The number of nitriles is 1. The maximum absolute atomic E-state index is 10.5. The van der Waals surface area contributed by atoms with Gasteiger partial charge in [-0.2, -0.15) is 5.26 Å². The maximum Gasteiger partial charge on any atom is 0.346 e. The van der Waals surface area contributed by atoms with Crippen LogP contribution in [0.15, 0.2) is 34.9 Å². The highest BCUT2D eigenvalue weighted by Crippen LogP contribution is 2.19. The van der Waals surface area contributed by atoms with Crippen molar-refractivity contribution in [2.45, 2.75) is 19.8 Å². The number of allylic oxidation sites excluding steroid dienone is 5. The summed E-state index contributed by atoms with van der Waals surface area (Å²) in [6.07, 6.45) is 6.98. The third-order valence-corrected chi connectivity index (χ3v) is 2.07. The average molecular weight is 189 g/mol. The minimum atomic E-state index is -1.17. The standard InChI is InChI=1S/C11H11NO2/c1-8-2-4-9(5-3-8)6-10(7-12)11(13)14/h2,4,6H,3,5H2,1H3,(H,13,14)/b10-6+. The summed E-state index contributed by atoms with van der Waals surface area (Å²) in [7, 11) is 0. The van der Waals surface area contributed by atoms with Gasteiger partial charge in [0.15, 0.2) is 0 Å². The molecule has 1 rings (SSSR count). The molecule has 3 heteroatoms. The molecule has 14 heavy (non-hydrogen) atoms. The van der Waals surface area contributed by atoms with Crippen LogP contribution in [0.25, 0.3) is 0 Å². The van der Waals surface area contributed by atoms with Crippen LogP contribution in [0.2, 0.25) is 0 Å². The Morgan fingerprint density at radius 3 is 2.71 bits per heavy atom. The molecule has 0 bridgehead atoms. The molecule has 1 aliphatic carbocycles. The SMILES string of the molecule is CC1=CC=C(/C=C(\C#N)C(=O)O)CC1. The Kier molecular flexibility index (Phi) is 3.24. The first-order valence-electron chi connectivity index (χ1n) is 4.35. The number of hydrogen-bond acceptors (Lipinski definition) is 2. The molecule has 1 aliphatic rings. The number of rotatable bonds is 2. The van der Waals surface area contributed by atoms with Crippen LogP contribution in [0.1, 0.15) is 19.8 Å². The summed E-state index contributed by atoms with van der Waals surface area (Å²) in [5, 5.41) is 17.2. The number of carboxylic acid groups (broad SMARTS) is 1. The molecule has 0 atom stereocenters. The largest absolute Gasteiger partial charge is 0.477 e. The number of nitrogens with zero attached hydrogens (tertiary/aromatic N) is 1. The van der Waals surface area contributed by atoms with Crippen LogP contribution in [-0.4, -0.2) is 11.1 Å². The van der Waals surface area contributed by atoms with Gasteiger partial charge >= 0.3 is 5.97 Å². The predicted octanol–water partition coefficient (Wildman–Crippen LogP) is 2.19. The van der Waals surface area contributed by atoms with Gasteiger partial charge in [0, 0.05) is 0 Å². The van der Waals surface area contributed by atoms with Gasteiger partial charge in [0.2, 0.25) is 0 Å². The summed E-state index contributed by atoms with van der Waals surface area (Å²) >= 11 is 0. The molecule has 3 nitrogen and oxygen atoms in total. The summed E-state index contributed by atoms with van der Waals surface area (Å²) in [5.41, 5.74) is 1.97. The number of aliphatic carboxylic acids is 1. The minimum absolute atomic E-state index is 0.204. The number of carboxylic acids is 1. The van der Waals surface area contributed by atoms with Gasteiger partial charge in [-0.15, -0.1) is 0 Å². The molecule has 0 heterocycles. The molecule has 0 saturated heterocycles. The predicted molar refractivity (Wildman–Crippen MR) is 52.4 cm³/mol. The van der Waals surface area contributed by atoms with Crippen LogP contribution in [0.5, 0.6) is 0 Å². The number of carbonyl (C=O) groups is 1. The van der Waals surface area contributed by atoms with Crippen molar-refractivity contribution in [2.24, 2.45) is 0 Å². The van der Waals surface area contributed by atoms with Crippen LogP contribution in [0, 0.1) is 11.3 Å². The summed E-state index contributed by atoms with van der Waals surface area (Å²) in [6.45, 7) is 2.03. The van der Waals surface area contributed by atoms with Crippen molar-refractivity contribution in [3.63, 3.8) is 0 Å². The lowest BCUT2D eigenvalue weighted by molar-refractivity contribution is -0.132. The molecule has 0 amide bonds. The molecule has 0 saturated carbocycles. The Labute approximate surface area is 82.7 Å². The smallest absolute Gasteiger partial charge is 0.346 e. The van der Waals surface area contributed by atoms with Crippen LogP contribution in [0.4, 0.5) is 0 Å². The van der Waals surface area contributed by atoms with E-state index in [9.17, 15) is 4.79 Å². The first-order chi connectivity index (χ1) is 6.63. The van der Waals surface area contributed by atoms with E-state index >= 15 is 0 Å². The van der Waals surface area contributed by atoms with Gasteiger partial charge in [0.1, 0.15) is 11.6 Å². The van der Waals surface area contributed by atoms with Crippen molar-refractivity contribution in [1.29, 1.82) is 5.26 Å². The van der Waals surface area contributed by atoms with Gasteiger partial charge in [0.25, 0.3) is 0 Å². The van der Waals surface area contributed by atoms with E-state index in [-0.39, 0.29) is 5.57 Å². The average Bonchev–Trinajstić information content (AvgIpc) is 2.16. The minimum Gasteiger partial charge on any atom is -0.477 e. The fourth-order valence-electron chi connectivity index (χ4n) is 1.20. The second-order valence-corrected chi connectivity index (χ2v) is 3.23. The number of hydrogen-bond donors (Lipinski definition) is 1. The monoisotopic (exact) mass is 189 g/mol. The summed E-state index contributed by atoms with van der Waals surface area (Å²) < 4.78 is 0. The Balaban J connectivity index is 2.88. The highest BCUT2D eigenvalue weighted by Gasteiger charge is 2.08. The lowest BCUT2D eigenvalue weighted by atomic mass is 9.98. The lowest BCUT2D eigenvalue weighted by Gasteiger charge is -2.07. The van der Waals surface area contributed by atoms with Crippen LogP contribution in [-0.2, 0) is 4.79 Å². The van der Waals surface area contributed by atoms with E-state index in [1.54, 1.807) is 6.07 Å². The molecule has 0 aromatic carbocycles. The Bertz CT molecular complexity index is 381. The zero-order valence-electron chi connectivity index (χ0n) is 7.95. The van der Waals surface area contributed by atoms with Gasteiger partial charge in [-0.3, -0.25) is 0 Å². The van der Waals surface area contributed by atoms with Gasteiger partial charge in [-0.1, -0.05) is 17.7 Å². The zero-order chi connectivity index (χ0) is 10.6. The van der Waals surface area contributed by atoms with E-state index in [2.05, 4.69) is 0 Å². The van der Waals surface area contributed by atoms with Crippen molar-refractivity contribution >= 4 is 5.97 Å². The first-order valence-corrected chi connectivity index (χ1v) is 4.35. The van der Waals surface area contributed by atoms with E-state index in [1.165, 1.54) is 11.6 Å². The second kappa shape index (κ2) is 4.43. The van der Waals surface area contributed by atoms with Crippen molar-refractivity contribution in [2.75, 3.05) is 0 Å². The summed E-state index contributed by atoms with van der Waals surface area (Å²) in [5.74, 6) is -1.17. The molecule has 72 valence electrons. The first kappa shape index (κ1) is 10.3. The second-order valence-electron chi connectivity index (χ2n) is 3.23. The third-order valence-electron chi connectivity index (χ3n) is 2.07. The molecule has 0 aromatic heterocycles. The van der Waals surface area contributed by atoms with Gasteiger partial charge in [0.05, 0.1) is 0 Å². The van der Waals surface area contributed by atoms with E-state index in [4.69, 9.17) is 10.4 Å². The fraction of sp³-hybridized carbons (Fsp3) is 0.273. The summed E-state index contributed by atoms with van der Waals surface area (Å²) in [4.78, 5) is 10.5. The van der Waals surface area contributed by atoms with Crippen molar-refractivity contribution < 1.29 is 9.90 Å². The third kappa shape index (κ3) is 2.60. The molecule has 0 aliphatic heterocycles. The topological polar surface area (TPSA) is 61.1 Å². The lowest BCUT2D eigenvalue weighted by Crippen LogP contribution is -1.99. The molecule has 0 radical (unpaired) electrons. The van der Waals surface area contributed by atoms with Crippen molar-refractivity contribution in [1.82, 2.24) is 0 Å². The highest BCUT2D eigenvalue weighted by molar-refractivity contribution is 5.91. The molecule has 0 fully saturated rings. The zero-order valence-corrected chi connectivity index (χ0v) is 7.95. The van der Waals surface area contributed by atoms with Crippen LogP contribution < -0.4 is 0 Å². The Hall–Kier alpha value is -1.82. The Morgan fingerprint density at radius 2 is 2.29 bits per heavy atom. The highest BCUT2D eigenvalue weighted by atomic mass is 16.4. The molecule has 0 spiro atoms. The molecule has 0 aromatic rings.